The summed E-state index contributed by atoms with van der Waals surface area (Å²) in [5, 5.41) is 18.0. The van der Waals surface area contributed by atoms with Gasteiger partial charge in [0.2, 0.25) is 11.8 Å². The lowest BCUT2D eigenvalue weighted by atomic mass is 10.1. The molecular formula is C20H17ClF2N4O2. The molecule has 0 aromatic heterocycles. The van der Waals surface area contributed by atoms with Crippen molar-refractivity contribution in [3.8, 4) is 0 Å². The zero-order chi connectivity index (χ0) is 21.6. The molecule has 0 atom stereocenters. The van der Waals surface area contributed by atoms with E-state index in [2.05, 4.69) is 5.32 Å². The fourth-order valence-corrected chi connectivity index (χ4v) is 2.70. The lowest BCUT2D eigenvalue weighted by Crippen LogP contribution is -2.35. The number of carbonyl (C=O) groups is 2. The lowest BCUT2D eigenvalue weighted by molar-refractivity contribution is -0.119. The highest BCUT2D eigenvalue weighted by Crippen LogP contribution is 2.19. The number of benzene rings is 2. The van der Waals surface area contributed by atoms with Gasteiger partial charge in [0.25, 0.3) is 0 Å². The third-order valence-corrected chi connectivity index (χ3v) is 4.13. The van der Waals surface area contributed by atoms with Gasteiger partial charge in [-0.2, -0.15) is 0 Å². The summed E-state index contributed by atoms with van der Waals surface area (Å²) in [4.78, 5) is 25.1. The number of rotatable bonds is 6. The van der Waals surface area contributed by atoms with Crippen LogP contribution in [0.25, 0.3) is 0 Å². The maximum absolute atomic E-state index is 13.8. The van der Waals surface area contributed by atoms with Gasteiger partial charge in [0.05, 0.1) is 17.8 Å². The van der Waals surface area contributed by atoms with Crippen LogP contribution in [-0.4, -0.2) is 23.9 Å². The first kappa shape index (κ1) is 21.9. The minimum absolute atomic E-state index is 0.00254. The number of amides is 2. The molecule has 9 heteroatoms. The Morgan fingerprint density at radius 2 is 1.83 bits per heavy atom. The molecule has 2 aromatic rings. The Hall–Kier alpha value is -3.39. The topological polar surface area (TPSA) is 97.1 Å². The van der Waals surface area contributed by atoms with Gasteiger partial charge in [0, 0.05) is 29.8 Å². The van der Waals surface area contributed by atoms with Crippen LogP contribution in [-0.2, 0) is 16.0 Å². The standard InChI is InChI=1S/C20H17ClF2N4O2/c1-12(28)27(15-7-5-13(22)6-8-15)19(25)9-14(11-24)26-20(29)10-16-17(21)3-2-4-18(16)23/h2-9,11,24-25H,10H2,1H3,(H,26,29)/b14-9+,24-11?,25-19?. The highest BCUT2D eigenvalue weighted by molar-refractivity contribution is 6.31. The number of amidine groups is 1. The van der Waals surface area contributed by atoms with Crippen LogP contribution in [0.2, 0.25) is 5.02 Å². The monoisotopic (exact) mass is 418 g/mol. The Labute approximate surface area is 170 Å². The van der Waals surface area contributed by atoms with E-state index in [0.717, 1.165) is 29.3 Å². The van der Waals surface area contributed by atoms with Crippen molar-refractivity contribution in [1.29, 1.82) is 10.8 Å². The van der Waals surface area contributed by atoms with Crippen LogP contribution in [0, 0.1) is 22.5 Å². The Balaban J connectivity index is 2.19. The Morgan fingerprint density at radius 1 is 1.17 bits per heavy atom. The molecular weight excluding hydrogens is 402 g/mol. The van der Waals surface area contributed by atoms with E-state index >= 15 is 0 Å². The average molecular weight is 419 g/mol. The second-order valence-electron chi connectivity index (χ2n) is 5.89. The van der Waals surface area contributed by atoms with E-state index in [9.17, 15) is 18.4 Å². The second-order valence-corrected chi connectivity index (χ2v) is 6.29. The van der Waals surface area contributed by atoms with Gasteiger partial charge in [-0.1, -0.05) is 17.7 Å². The largest absolute Gasteiger partial charge is 0.324 e. The van der Waals surface area contributed by atoms with Crippen molar-refractivity contribution in [2.24, 2.45) is 0 Å². The third kappa shape index (κ3) is 5.79. The summed E-state index contributed by atoms with van der Waals surface area (Å²) in [7, 11) is 0. The first-order valence-electron chi connectivity index (χ1n) is 8.32. The fraction of sp³-hybridized carbons (Fsp3) is 0.100. The van der Waals surface area contributed by atoms with Gasteiger partial charge in [-0.05, 0) is 36.4 Å². The van der Waals surface area contributed by atoms with Crippen molar-refractivity contribution in [1.82, 2.24) is 5.32 Å². The molecule has 0 aliphatic heterocycles. The second kappa shape index (κ2) is 9.70. The van der Waals surface area contributed by atoms with E-state index in [1.54, 1.807) is 0 Å². The Morgan fingerprint density at radius 3 is 2.38 bits per heavy atom. The van der Waals surface area contributed by atoms with E-state index in [1.807, 2.05) is 0 Å². The minimum Gasteiger partial charge on any atom is -0.324 e. The third-order valence-electron chi connectivity index (χ3n) is 3.77. The van der Waals surface area contributed by atoms with Crippen LogP contribution in [0.15, 0.2) is 54.2 Å². The molecule has 0 aliphatic carbocycles. The molecule has 2 aromatic carbocycles. The molecule has 0 bridgehead atoms. The quantitative estimate of drug-likeness (QED) is 0.490. The van der Waals surface area contributed by atoms with Crippen LogP contribution in [0.5, 0.6) is 0 Å². The summed E-state index contributed by atoms with van der Waals surface area (Å²) in [6.07, 6.45) is 1.48. The molecule has 150 valence electrons. The molecule has 6 nitrogen and oxygen atoms in total. The van der Waals surface area contributed by atoms with E-state index in [-0.39, 0.29) is 34.2 Å². The minimum atomic E-state index is -0.657. The lowest BCUT2D eigenvalue weighted by Gasteiger charge is -2.20. The molecule has 0 spiro atoms. The summed E-state index contributed by atoms with van der Waals surface area (Å²) in [5.74, 6) is -2.67. The molecule has 0 heterocycles. The zero-order valence-electron chi connectivity index (χ0n) is 15.3. The Kier molecular flexibility index (Phi) is 7.33. The molecule has 0 radical (unpaired) electrons. The number of nitrogens with zero attached hydrogens (tertiary/aromatic N) is 1. The van der Waals surface area contributed by atoms with Gasteiger partial charge in [-0.15, -0.1) is 0 Å². The van der Waals surface area contributed by atoms with Gasteiger partial charge in [0.15, 0.2) is 0 Å². The summed E-state index contributed by atoms with van der Waals surface area (Å²) < 4.78 is 26.9. The van der Waals surface area contributed by atoms with Crippen molar-refractivity contribution < 1.29 is 18.4 Å². The van der Waals surface area contributed by atoms with Gasteiger partial charge in [0.1, 0.15) is 17.5 Å². The van der Waals surface area contributed by atoms with Gasteiger partial charge in [-0.25, -0.2) is 8.78 Å². The molecule has 29 heavy (non-hydrogen) atoms. The van der Waals surface area contributed by atoms with E-state index < -0.39 is 23.4 Å². The Bertz CT molecular complexity index is 970. The molecule has 0 saturated heterocycles. The summed E-state index contributed by atoms with van der Waals surface area (Å²) >= 11 is 5.90. The van der Waals surface area contributed by atoms with Gasteiger partial charge >= 0.3 is 0 Å². The molecule has 0 saturated carbocycles. The molecule has 0 aliphatic rings. The van der Waals surface area contributed by atoms with Crippen molar-refractivity contribution in [2.75, 3.05) is 4.90 Å². The maximum Gasteiger partial charge on any atom is 0.229 e. The van der Waals surface area contributed by atoms with Crippen molar-refractivity contribution in [3.05, 3.63) is 76.5 Å². The normalized spacial score (nSPS) is 11.0. The predicted molar refractivity (Wildman–Crippen MR) is 107 cm³/mol. The molecule has 2 rings (SSSR count). The molecule has 0 unspecified atom stereocenters. The van der Waals surface area contributed by atoms with Crippen molar-refractivity contribution >= 4 is 41.2 Å². The van der Waals surface area contributed by atoms with Crippen LogP contribution in [0.1, 0.15) is 12.5 Å². The number of anilines is 1. The summed E-state index contributed by atoms with van der Waals surface area (Å²) in [6, 6.07) is 8.95. The smallest absolute Gasteiger partial charge is 0.229 e. The molecule has 3 N–H and O–H groups in total. The number of nitrogens with one attached hydrogen (secondary N) is 3. The fourth-order valence-electron chi connectivity index (χ4n) is 2.47. The maximum atomic E-state index is 13.8. The highest BCUT2D eigenvalue weighted by Gasteiger charge is 2.17. The number of carbonyl (C=O) groups excluding carboxylic acids is 2. The van der Waals surface area contributed by atoms with Crippen LogP contribution >= 0.6 is 11.6 Å². The average Bonchev–Trinajstić information content (AvgIpc) is 2.65. The number of halogens is 3. The number of hydrogen-bond donors (Lipinski definition) is 3. The molecule has 0 fully saturated rings. The van der Waals surface area contributed by atoms with Crippen LogP contribution < -0.4 is 10.2 Å². The van der Waals surface area contributed by atoms with Crippen molar-refractivity contribution in [3.63, 3.8) is 0 Å². The summed E-state index contributed by atoms with van der Waals surface area (Å²) in [6.45, 7) is 1.22. The van der Waals surface area contributed by atoms with Gasteiger partial charge in [-0.3, -0.25) is 19.9 Å². The SMILES string of the molecule is CC(=O)N(C(=N)/C=C(\C=N)NC(=O)Cc1c(F)cccc1Cl)c1ccc(F)cc1. The van der Waals surface area contributed by atoms with E-state index in [0.29, 0.717) is 0 Å². The first-order valence-corrected chi connectivity index (χ1v) is 8.70. The predicted octanol–water partition coefficient (Wildman–Crippen LogP) is 3.84. The first-order chi connectivity index (χ1) is 13.7. The zero-order valence-corrected chi connectivity index (χ0v) is 16.1. The summed E-state index contributed by atoms with van der Waals surface area (Å²) in [5.41, 5.74) is 0.150. The number of hydrogen-bond acceptors (Lipinski definition) is 4. The molecule has 2 amide bonds. The van der Waals surface area contributed by atoms with Crippen molar-refractivity contribution in [2.45, 2.75) is 13.3 Å². The van der Waals surface area contributed by atoms with E-state index in [4.69, 9.17) is 22.4 Å². The van der Waals surface area contributed by atoms with Crippen LogP contribution in [0.4, 0.5) is 14.5 Å². The van der Waals surface area contributed by atoms with Crippen LogP contribution in [0.3, 0.4) is 0 Å². The highest BCUT2D eigenvalue weighted by atomic mass is 35.5. The van der Waals surface area contributed by atoms with Gasteiger partial charge < -0.3 is 10.7 Å². The van der Waals surface area contributed by atoms with E-state index in [1.165, 1.54) is 37.3 Å². The number of allylic oxidation sites excluding steroid dienone is 1.